The Morgan fingerprint density at radius 2 is 1.66 bits per heavy atom. The molecule has 0 bridgehead atoms. The molecule has 7 heteroatoms. The summed E-state index contributed by atoms with van der Waals surface area (Å²) >= 11 is 0. The van der Waals surface area contributed by atoms with Crippen LogP contribution in [0.25, 0.3) is 0 Å². The molecule has 0 unspecified atom stereocenters. The normalized spacial score (nSPS) is 23.6. The Morgan fingerprint density at radius 3 is 2.24 bits per heavy atom. The maximum absolute atomic E-state index is 14.2. The summed E-state index contributed by atoms with van der Waals surface area (Å²) in [6, 6.07) is 18.0. The maximum Gasteiger partial charge on any atom is 0.250 e. The van der Waals surface area contributed by atoms with Crippen LogP contribution in [0, 0.1) is 23.7 Å². The van der Waals surface area contributed by atoms with Gasteiger partial charge < -0.3 is 13.9 Å². The van der Waals surface area contributed by atoms with E-state index in [1.54, 1.807) is 12.2 Å². The van der Waals surface area contributed by atoms with Gasteiger partial charge in [0.15, 0.2) is 0 Å². The standard InChI is InChI=1S/C34H49NO5Si/c1-23(2)28-19-29(40-41(8,9)34(4,5)6)24(3)31-30(22-38-21-26-15-17-27(37-7)18-16-26)39-35(33(36)32(28)31)20-25-13-11-10-12-14-25/h10-18,23,28,30-32H,19-22H2,1-9H3/t28-,30-,31-,32-/m0/s1. The lowest BCUT2D eigenvalue weighted by atomic mass is 9.65. The van der Waals surface area contributed by atoms with Crippen LogP contribution in [-0.2, 0) is 31.9 Å². The first-order valence-corrected chi connectivity index (χ1v) is 17.8. The molecule has 0 N–H and O–H groups in total. The number of allylic oxidation sites excluding steroid dienone is 1. The van der Waals surface area contributed by atoms with Gasteiger partial charge in [0.2, 0.25) is 8.32 Å². The summed E-state index contributed by atoms with van der Waals surface area (Å²) in [5.41, 5.74) is 3.25. The highest BCUT2D eigenvalue weighted by molar-refractivity contribution is 6.74. The molecule has 1 saturated heterocycles. The molecular weight excluding hydrogens is 530 g/mol. The van der Waals surface area contributed by atoms with Gasteiger partial charge in [-0.3, -0.25) is 9.63 Å². The van der Waals surface area contributed by atoms with Crippen LogP contribution >= 0.6 is 0 Å². The molecule has 41 heavy (non-hydrogen) atoms. The van der Waals surface area contributed by atoms with Crippen molar-refractivity contribution in [2.24, 2.45) is 23.7 Å². The Hall–Kier alpha value is -2.61. The Morgan fingerprint density at radius 1 is 1.00 bits per heavy atom. The van der Waals surface area contributed by atoms with Gasteiger partial charge in [-0.2, -0.15) is 0 Å². The highest BCUT2D eigenvalue weighted by Crippen LogP contribution is 2.50. The molecule has 0 saturated carbocycles. The van der Waals surface area contributed by atoms with E-state index >= 15 is 0 Å². The molecule has 0 spiro atoms. The van der Waals surface area contributed by atoms with Crippen molar-refractivity contribution in [3.8, 4) is 5.75 Å². The number of hydroxylamine groups is 2. The molecule has 1 aliphatic heterocycles. The van der Waals surface area contributed by atoms with Crippen molar-refractivity contribution in [3.63, 3.8) is 0 Å². The Kier molecular flexibility index (Phi) is 9.72. The molecule has 4 atom stereocenters. The number of rotatable bonds is 10. The minimum atomic E-state index is -2.07. The number of amides is 1. The zero-order valence-electron chi connectivity index (χ0n) is 26.4. The van der Waals surface area contributed by atoms with Crippen molar-refractivity contribution < 1.29 is 23.5 Å². The number of hydrogen-bond acceptors (Lipinski definition) is 5. The fourth-order valence-electron chi connectivity index (χ4n) is 5.76. The third kappa shape index (κ3) is 7.07. The molecule has 1 aliphatic carbocycles. The van der Waals surface area contributed by atoms with Gasteiger partial charge >= 0.3 is 0 Å². The molecule has 2 aromatic rings. The molecule has 2 aliphatic rings. The Balaban J connectivity index is 1.66. The second-order valence-corrected chi connectivity index (χ2v) is 18.2. The summed E-state index contributed by atoms with van der Waals surface area (Å²) in [6.07, 6.45) is 0.473. The van der Waals surface area contributed by atoms with E-state index in [0.717, 1.165) is 34.6 Å². The summed E-state index contributed by atoms with van der Waals surface area (Å²) in [7, 11) is -0.406. The molecule has 224 valence electrons. The zero-order chi connectivity index (χ0) is 29.9. The lowest BCUT2D eigenvalue weighted by Crippen LogP contribution is -2.57. The first-order valence-electron chi connectivity index (χ1n) is 14.9. The Labute approximate surface area is 248 Å². The van der Waals surface area contributed by atoms with Gasteiger partial charge in [0, 0.05) is 12.3 Å². The van der Waals surface area contributed by atoms with Crippen LogP contribution in [0.5, 0.6) is 5.75 Å². The summed E-state index contributed by atoms with van der Waals surface area (Å²) < 4.78 is 18.6. The predicted octanol–water partition coefficient (Wildman–Crippen LogP) is 7.76. The van der Waals surface area contributed by atoms with Gasteiger partial charge in [-0.1, -0.05) is 77.1 Å². The molecular formula is C34H49NO5Si. The third-order valence-corrected chi connectivity index (χ3v) is 13.7. The lowest BCUT2D eigenvalue weighted by molar-refractivity contribution is -0.260. The van der Waals surface area contributed by atoms with Crippen molar-refractivity contribution in [2.75, 3.05) is 13.7 Å². The molecule has 6 nitrogen and oxygen atoms in total. The maximum atomic E-state index is 14.2. The number of nitrogens with zero attached hydrogens (tertiary/aromatic N) is 1. The predicted molar refractivity (Wildman–Crippen MR) is 165 cm³/mol. The van der Waals surface area contributed by atoms with E-state index in [9.17, 15) is 4.79 Å². The minimum absolute atomic E-state index is 0.0645. The number of benzene rings is 2. The van der Waals surface area contributed by atoms with Crippen LogP contribution in [0.2, 0.25) is 18.1 Å². The van der Waals surface area contributed by atoms with Gasteiger partial charge in [0.25, 0.3) is 5.91 Å². The number of carbonyl (C=O) groups excluding carboxylic acids is 1. The average Bonchev–Trinajstić information content (AvgIpc) is 2.92. The number of carbonyl (C=O) groups is 1. The SMILES string of the molecule is COc1ccc(COC[C@@H]2ON(Cc3ccccc3)C(=O)[C@@H]3[C@H]2C(C)=C(O[Si](C)(C)C(C)(C)C)C[C@H]3C(C)C)cc1. The van der Waals surface area contributed by atoms with E-state index in [1.165, 1.54) is 0 Å². The van der Waals surface area contributed by atoms with Gasteiger partial charge in [-0.25, -0.2) is 5.06 Å². The van der Waals surface area contributed by atoms with E-state index in [4.69, 9.17) is 18.7 Å². The quantitative estimate of drug-likeness (QED) is 0.269. The molecule has 4 rings (SSSR count). The van der Waals surface area contributed by atoms with Crippen LogP contribution < -0.4 is 4.74 Å². The van der Waals surface area contributed by atoms with Crippen LogP contribution in [0.15, 0.2) is 65.9 Å². The van der Waals surface area contributed by atoms with Crippen LogP contribution in [0.4, 0.5) is 0 Å². The number of hydrogen-bond donors (Lipinski definition) is 0. The number of fused-ring (bicyclic) bond motifs is 1. The van der Waals surface area contributed by atoms with Gasteiger partial charge in [0.1, 0.15) is 11.9 Å². The van der Waals surface area contributed by atoms with E-state index in [0.29, 0.717) is 25.7 Å². The van der Waals surface area contributed by atoms with Crippen LogP contribution in [-0.4, -0.2) is 39.1 Å². The third-order valence-electron chi connectivity index (χ3n) is 9.32. The highest BCUT2D eigenvalue weighted by atomic mass is 28.4. The van der Waals surface area contributed by atoms with Gasteiger partial charge in [-0.05, 0) is 65.7 Å². The fraction of sp³-hybridized carbons (Fsp3) is 0.559. The number of methoxy groups -OCH3 is 1. The molecule has 1 heterocycles. The second-order valence-electron chi connectivity index (χ2n) is 13.5. The van der Waals surface area contributed by atoms with Crippen molar-refractivity contribution >= 4 is 14.2 Å². The second kappa shape index (κ2) is 12.7. The van der Waals surface area contributed by atoms with Crippen molar-refractivity contribution in [1.82, 2.24) is 5.06 Å². The number of ether oxygens (including phenoxy) is 2. The first kappa shape index (κ1) is 31.3. The summed E-state index contributed by atoms with van der Waals surface area (Å²) in [4.78, 5) is 20.7. The zero-order valence-corrected chi connectivity index (χ0v) is 27.4. The smallest absolute Gasteiger partial charge is 0.250 e. The van der Waals surface area contributed by atoms with Gasteiger partial charge in [-0.15, -0.1) is 0 Å². The fourth-order valence-corrected chi connectivity index (χ4v) is 6.93. The van der Waals surface area contributed by atoms with E-state index in [1.807, 2.05) is 54.6 Å². The molecule has 0 aromatic heterocycles. The first-order chi connectivity index (χ1) is 19.3. The largest absolute Gasteiger partial charge is 0.547 e. The molecule has 0 radical (unpaired) electrons. The van der Waals surface area contributed by atoms with Gasteiger partial charge in [0.05, 0.1) is 38.5 Å². The van der Waals surface area contributed by atoms with E-state index < -0.39 is 8.32 Å². The Bertz CT molecular complexity index is 1200. The van der Waals surface area contributed by atoms with Crippen LogP contribution in [0.3, 0.4) is 0 Å². The van der Waals surface area contributed by atoms with Crippen molar-refractivity contribution in [2.45, 2.75) is 85.4 Å². The summed E-state index contributed by atoms with van der Waals surface area (Å²) in [5, 5.41) is 1.68. The molecule has 2 aromatic carbocycles. The van der Waals surface area contributed by atoms with E-state index in [-0.39, 0.29) is 34.8 Å². The highest BCUT2D eigenvalue weighted by Gasteiger charge is 2.53. The summed E-state index contributed by atoms with van der Waals surface area (Å²) in [5.74, 6) is 2.12. The minimum Gasteiger partial charge on any atom is -0.547 e. The molecule has 1 fully saturated rings. The van der Waals surface area contributed by atoms with Crippen molar-refractivity contribution in [1.29, 1.82) is 0 Å². The van der Waals surface area contributed by atoms with Crippen LogP contribution in [0.1, 0.15) is 59.1 Å². The van der Waals surface area contributed by atoms with Crippen molar-refractivity contribution in [3.05, 3.63) is 77.1 Å². The topological polar surface area (TPSA) is 57.2 Å². The van der Waals surface area contributed by atoms with E-state index in [2.05, 4.69) is 54.6 Å². The molecule has 1 amide bonds. The average molecular weight is 580 g/mol. The summed E-state index contributed by atoms with van der Waals surface area (Å²) in [6.45, 7) is 19.3. The monoisotopic (exact) mass is 579 g/mol. The lowest BCUT2D eigenvalue weighted by Gasteiger charge is -2.50.